The standard InChI is InChI=1S/C13H18BrN5/c14-9-4-3-5-10(8-9)18-13(16)19-12(15)11-6-1-2-7-17-11/h3-5,8,11,17H,1-2,6-7H2,(H4,15,16,18,19). The number of amidine groups is 1. The zero-order valence-electron chi connectivity index (χ0n) is 10.6. The molecule has 0 aliphatic carbocycles. The second-order valence-corrected chi connectivity index (χ2v) is 5.40. The van der Waals surface area contributed by atoms with Gasteiger partial charge < -0.3 is 16.8 Å². The number of halogens is 1. The molecule has 0 saturated carbocycles. The van der Waals surface area contributed by atoms with E-state index in [-0.39, 0.29) is 12.0 Å². The summed E-state index contributed by atoms with van der Waals surface area (Å²) in [7, 11) is 0. The minimum Gasteiger partial charge on any atom is -0.386 e. The van der Waals surface area contributed by atoms with Crippen molar-refractivity contribution in [2.45, 2.75) is 25.3 Å². The minimum atomic E-state index is 0.116. The average molecular weight is 324 g/mol. The SMILES string of the molecule is NC(=Nc1cccc(Br)c1)N=C(N)C1CCCCN1. The highest BCUT2D eigenvalue weighted by molar-refractivity contribution is 9.10. The number of aliphatic imine (C=N–C) groups is 2. The van der Waals surface area contributed by atoms with Gasteiger partial charge in [0.15, 0.2) is 0 Å². The number of hydrogen-bond donors (Lipinski definition) is 3. The van der Waals surface area contributed by atoms with E-state index in [1.54, 1.807) is 0 Å². The highest BCUT2D eigenvalue weighted by Crippen LogP contribution is 2.18. The molecule has 19 heavy (non-hydrogen) atoms. The van der Waals surface area contributed by atoms with Gasteiger partial charge in [0.25, 0.3) is 0 Å². The van der Waals surface area contributed by atoms with Crippen molar-refractivity contribution in [3.63, 3.8) is 0 Å². The molecule has 1 aromatic carbocycles. The second kappa shape index (κ2) is 6.68. The van der Waals surface area contributed by atoms with Crippen LogP contribution in [0.4, 0.5) is 5.69 Å². The molecule has 5 N–H and O–H groups in total. The Morgan fingerprint density at radius 1 is 1.32 bits per heavy atom. The summed E-state index contributed by atoms with van der Waals surface area (Å²) in [6.45, 7) is 0.976. The van der Waals surface area contributed by atoms with Crippen LogP contribution >= 0.6 is 15.9 Å². The Morgan fingerprint density at radius 2 is 2.16 bits per heavy atom. The molecule has 1 fully saturated rings. The van der Waals surface area contributed by atoms with Crippen LogP contribution in [0, 0.1) is 0 Å². The fourth-order valence-corrected chi connectivity index (χ4v) is 2.40. The maximum Gasteiger partial charge on any atom is 0.222 e. The molecule has 1 saturated heterocycles. The van der Waals surface area contributed by atoms with Gasteiger partial charge in [-0.3, -0.25) is 0 Å². The number of nitrogens with two attached hydrogens (primary N) is 2. The van der Waals surface area contributed by atoms with E-state index in [1.165, 1.54) is 6.42 Å². The summed E-state index contributed by atoms with van der Waals surface area (Å²) in [5.41, 5.74) is 12.5. The maximum absolute atomic E-state index is 5.95. The van der Waals surface area contributed by atoms with E-state index < -0.39 is 0 Å². The van der Waals surface area contributed by atoms with Gasteiger partial charge in [-0.2, -0.15) is 4.99 Å². The van der Waals surface area contributed by atoms with Gasteiger partial charge in [-0.15, -0.1) is 0 Å². The van der Waals surface area contributed by atoms with E-state index in [9.17, 15) is 0 Å². The van der Waals surface area contributed by atoms with Crippen LogP contribution in [0.2, 0.25) is 0 Å². The number of nitrogens with one attached hydrogen (secondary N) is 1. The predicted octanol–water partition coefficient (Wildman–Crippen LogP) is 1.89. The van der Waals surface area contributed by atoms with Gasteiger partial charge in [0.2, 0.25) is 5.96 Å². The van der Waals surface area contributed by atoms with Crippen molar-refractivity contribution in [2.75, 3.05) is 6.54 Å². The van der Waals surface area contributed by atoms with E-state index in [4.69, 9.17) is 11.5 Å². The lowest BCUT2D eigenvalue weighted by atomic mass is 10.0. The molecule has 0 spiro atoms. The van der Waals surface area contributed by atoms with Crippen molar-refractivity contribution in [3.8, 4) is 0 Å². The van der Waals surface area contributed by atoms with Crippen molar-refractivity contribution in [1.82, 2.24) is 5.32 Å². The first-order chi connectivity index (χ1) is 9.15. The number of guanidine groups is 1. The van der Waals surface area contributed by atoms with Gasteiger partial charge in [-0.05, 0) is 37.6 Å². The molecule has 1 aliphatic heterocycles. The molecule has 0 radical (unpaired) electrons. The molecule has 5 nitrogen and oxygen atoms in total. The highest BCUT2D eigenvalue weighted by Gasteiger charge is 2.16. The highest BCUT2D eigenvalue weighted by atomic mass is 79.9. The first-order valence-electron chi connectivity index (χ1n) is 6.32. The third-order valence-electron chi connectivity index (χ3n) is 2.96. The Morgan fingerprint density at radius 3 is 2.84 bits per heavy atom. The quantitative estimate of drug-likeness (QED) is 0.573. The van der Waals surface area contributed by atoms with Crippen LogP contribution in [0.5, 0.6) is 0 Å². The smallest absolute Gasteiger partial charge is 0.222 e. The van der Waals surface area contributed by atoms with Crippen molar-refractivity contribution in [2.24, 2.45) is 21.5 Å². The lowest BCUT2D eigenvalue weighted by Crippen LogP contribution is -2.45. The third-order valence-corrected chi connectivity index (χ3v) is 3.46. The van der Waals surface area contributed by atoms with Gasteiger partial charge in [0, 0.05) is 4.47 Å². The van der Waals surface area contributed by atoms with Gasteiger partial charge in [-0.1, -0.05) is 28.4 Å². The lowest BCUT2D eigenvalue weighted by molar-refractivity contribution is 0.470. The molecule has 1 unspecified atom stereocenters. The normalized spacial score (nSPS) is 21.4. The number of piperidine rings is 1. The summed E-state index contributed by atoms with van der Waals surface area (Å²) in [6.07, 6.45) is 3.35. The molecule has 0 bridgehead atoms. The molecule has 6 heteroatoms. The lowest BCUT2D eigenvalue weighted by Gasteiger charge is -2.22. The first-order valence-corrected chi connectivity index (χ1v) is 7.11. The van der Waals surface area contributed by atoms with Crippen molar-refractivity contribution in [1.29, 1.82) is 0 Å². The van der Waals surface area contributed by atoms with E-state index in [0.29, 0.717) is 5.84 Å². The monoisotopic (exact) mass is 323 g/mol. The van der Waals surface area contributed by atoms with Crippen molar-refractivity contribution in [3.05, 3.63) is 28.7 Å². The maximum atomic E-state index is 5.95. The molecule has 0 amide bonds. The summed E-state index contributed by atoms with van der Waals surface area (Å²) in [5, 5.41) is 3.32. The first kappa shape index (κ1) is 14.0. The predicted molar refractivity (Wildman–Crippen MR) is 82.7 cm³/mol. The second-order valence-electron chi connectivity index (χ2n) is 4.49. The van der Waals surface area contributed by atoms with Crippen LogP contribution in [-0.2, 0) is 0 Å². The summed E-state index contributed by atoms with van der Waals surface area (Å²) < 4.78 is 0.951. The Bertz CT molecular complexity index is 492. The average Bonchev–Trinajstić information content (AvgIpc) is 2.39. The number of nitrogens with zero attached hydrogens (tertiary/aromatic N) is 2. The van der Waals surface area contributed by atoms with Crippen molar-refractivity contribution < 1.29 is 0 Å². The molecule has 1 aromatic rings. The number of rotatable bonds is 2. The molecule has 0 aromatic heterocycles. The molecular weight excluding hydrogens is 306 g/mol. The molecule has 2 rings (SSSR count). The van der Waals surface area contributed by atoms with Crippen LogP contribution < -0.4 is 16.8 Å². The summed E-state index contributed by atoms with van der Waals surface area (Å²) in [4.78, 5) is 8.39. The molecule has 1 heterocycles. The summed E-state index contributed by atoms with van der Waals surface area (Å²) >= 11 is 3.38. The van der Waals surface area contributed by atoms with Crippen LogP contribution in [0.1, 0.15) is 19.3 Å². The Balaban J connectivity index is 2.08. The summed E-state index contributed by atoms with van der Waals surface area (Å²) in [6, 6.07) is 7.68. The largest absolute Gasteiger partial charge is 0.386 e. The zero-order chi connectivity index (χ0) is 13.7. The molecule has 1 aliphatic rings. The van der Waals surface area contributed by atoms with E-state index in [0.717, 1.165) is 29.5 Å². The topological polar surface area (TPSA) is 88.8 Å². The Kier molecular flexibility index (Phi) is 4.93. The van der Waals surface area contributed by atoms with Crippen molar-refractivity contribution >= 4 is 33.4 Å². The zero-order valence-corrected chi connectivity index (χ0v) is 12.2. The third kappa shape index (κ3) is 4.33. The molecule has 1 atom stereocenters. The van der Waals surface area contributed by atoms with E-state index in [2.05, 4.69) is 31.2 Å². The van der Waals surface area contributed by atoms with Crippen LogP contribution in [0.3, 0.4) is 0 Å². The Labute approximate surface area is 121 Å². The van der Waals surface area contributed by atoms with Gasteiger partial charge >= 0.3 is 0 Å². The van der Waals surface area contributed by atoms with Gasteiger partial charge in [-0.25, -0.2) is 4.99 Å². The van der Waals surface area contributed by atoms with E-state index in [1.807, 2.05) is 24.3 Å². The fraction of sp³-hybridized carbons (Fsp3) is 0.385. The molecular formula is C13H18BrN5. The fourth-order valence-electron chi connectivity index (χ4n) is 2.02. The Hall–Kier alpha value is -1.40. The summed E-state index contributed by atoms with van der Waals surface area (Å²) in [5.74, 6) is 0.693. The van der Waals surface area contributed by atoms with Gasteiger partial charge in [0.1, 0.15) is 5.84 Å². The van der Waals surface area contributed by atoms with Crippen LogP contribution in [0.15, 0.2) is 38.7 Å². The number of hydrogen-bond acceptors (Lipinski definition) is 2. The number of benzene rings is 1. The van der Waals surface area contributed by atoms with Crippen LogP contribution in [-0.4, -0.2) is 24.4 Å². The molecule has 102 valence electrons. The van der Waals surface area contributed by atoms with E-state index >= 15 is 0 Å². The minimum absolute atomic E-state index is 0.116. The van der Waals surface area contributed by atoms with Gasteiger partial charge in [0.05, 0.1) is 11.7 Å². The van der Waals surface area contributed by atoms with Crippen LogP contribution in [0.25, 0.3) is 0 Å².